The van der Waals surface area contributed by atoms with Crippen LogP contribution in [-0.2, 0) is 0 Å². The average Bonchev–Trinajstić information content (AvgIpc) is 3.03. The van der Waals surface area contributed by atoms with E-state index in [1.807, 2.05) is 60.7 Å². The molecule has 4 rings (SSSR count). The van der Waals surface area contributed by atoms with Gasteiger partial charge in [-0.3, -0.25) is 0 Å². The first-order valence-corrected chi connectivity index (χ1v) is 7.26. The van der Waals surface area contributed by atoms with Gasteiger partial charge in [0, 0.05) is 11.1 Å². The second-order valence-electron chi connectivity index (χ2n) is 4.56. The summed E-state index contributed by atoms with van der Waals surface area (Å²) in [7, 11) is 0. The third kappa shape index (κ3) is 2.17. The van der Waals surface area contributed by atoms with Crippen LogP contribution in [0.3, 0.4) is 0 Å². The van der Waals surface area contributed by atoms with Crippen molar-refractivity contribution < 1.29 is 0 Å². The molecule has 100 valence electrons. The maximum absolute atomic E-state index is 4.66. The highest BCUT2D eigenvalue weighted by Gasteiger charge is 2.14. The molecule has 0 radical (unpaired) electrons. The van der Waals surface area contributed by atoms with Gasteiger partial charge in [0.25, 0.3) is 0 Å². The van der Waals surface area contributed by atoms with Crippen LogP contribution in [0, 0.1) is 0 Å². The lowest BCUT2D eigenvalue weighted by molar-refractivity contribution is 1.26. The SMILES string of the molecule is c1ccc(-c2nc3nsnc3nc2-c2ccccc2)cc1. The second kappa shape index (κ2) is 5.03. The van der Waals surface area contributed by atoms with Crippen molar-refractivity contribution in [2.45, 2.75) is 0 Å². The zero-order valence-electron chi connectivity index (χ0n) is 11.0. The summed E-state index contributed by atoms with van der Waals surface area (Å²) in [5.41, 5.74) is 4.92. The van der Waals surface area contributed by atoms with Crippen molar-refractivity contribution in [2.75, 3.05) is 0 Å². The number of hydrogen-bond donors (Lipinski definition) is 0. The summed E-state index contributed by atoms with van der Waals surface area (Å²) in [6, 6.07) is 20.1. The Hall–Kier alpha value is -2.66. The van der Waals surface area contributed by atoms with Crippen molar-refractivity contribution in [3.63, 3.8) is 0 Å². The van der Waals surface area contributed by atoms with Gasteiger partial charge in [-0.05, 0) is 0 Å². The largest absolute Gasteiger partial charge is 0.222 e. The number of rotatable bonds is 2. The Morgan fingerprint density at radius 1 is 0.571 bits per heavy atom. The third-order valence-electron chi connectivity index (χ3n) is 3.21. The van der Waals surface area contributed by atoms with Crippen molar-refractivity contribution >= 4 is 23.0 Å². The van der Waals surface area contributed by atoms with Crippen LogP contribution in [0.5, 0.6) is 0 Å². The first-order chi connectivity index (χ1) is 10.4. The molecule has 5 heteroatoms. The normalized spacial score (nSPS) is 10.9. The fourth-order valence-corrected chi connectivity index (χ4v) is 2.67. The van der Waals surface area contributed by atoms with Gasteiger partial charge in [-0.1, -0.05) is 60.7 Å². The molecule has 2 heterocycles. The Bertz CT molecular complexity index is 814. The topological polar surface area (TPSA) is 51.6 Å². The Morgan fingerprint density at radius 2 is 1.00 bits per heavy atom. The van der Waals surface area contributed by atoms with Crippen molar-refractivity contribution in [1.82, 2.24) is 18.7 Å². The standard InChI is InChI=1S/C16H10N4S/c1-3-7-11(8-4-1)13-14(12-9-5-2-6-10-12)18-16-15(17-13)19-21-20-16/h1-10H. The zero-order chi connectivity index (χ0) is 14.1. The molecule has 0 fully saturated rings. The molecule has 2 aromatic heterocycles. The van der Waals surface area contributed by atoms with Crippen LogP contribution in [0.4, 0.5) is 0 Å². The smallest absolute Gasteiger partial charge is 0.213 e. The minimum absolute atomic E-state index is 0.596. The summed E-state index contributed by atoms with van der Waals surface area (Å²) < 4.78 is 8.39. The maximum atomic E-state index is 4.66. The number of benzene rings is 2. The fourth-order valence-electron chi connectivity index (χ4n) is 2.23. The predicted octanol–water partition coefficient (Wildman–Crippen LogP) is 3.82. The molecule has 0 atom stereocenters. The number of aromatic nitrogens is 4. The summed E-state index contributed by atoms with van der Waals surface area (Å²) in [4.78, 5) is 9.31. The van der Waals surface area contributed by atoms with Crippen LogP contribution in [0.1, 0.15) is 0 Å². The molecule has 0 spiro atoms. The molecule has 0 aliphatic heterocycles. The van der Waals surface area contributed by atoms with Gasteiger partial charge in [0.15, 0.2) is 0 Å². The summed E-state index contributed by atoms with van der Waals surface area (Å²) >= 11 is 1.14. The Morgan fingerprint density at radius 3 is 1.43 bits per heavy atom. The van der Waals surface area contributed by atoms with Crippen LogP contribution in [-0.4, -0.2) is 18.7 Å². The Labute approximate surface area is 125 Å². The van der Waals surface area contributed by atoms with E-state index in [0.29, 0.717) is 11.3 Å². The molecule has 0 N–H and O–H groups in total. The van der Waals surface area contributed by atoms with E-state index in [2.05, 4.69) is 18.7 Å². The van der Waals surface area contributed by atoms with Crippen LogP contribution >= 0.6 is 11.7 Å². The molecule has 0 aliphatic rings. The summed E-state index contributed by atoms with van der Waals surface area (Å²) in [6.45, 7) is 0. The zero-order valence-corrected chi connectivity index (χ0v) is 11.8. The summed E-state index contributed by atoms with van der Waals surface area (Å²) in [6.07, 6.45) is 0. The van der Waals surface area contributed by atoms with Gasteiger partial charge in [0.1, 0.15) is 0 Å². The molecule has 4 aromatic rings. The Kier molecular flexibility index (Phi) is 2.90. The van der Waals surface area contributed by atoms with Crippen molar-refractivity contribution in [3.05, 3.63) is 60.7 Å². The minimum Gasteiger partial charge on any atom is -0.222 e. The van der Waals surface area contributed by atoms with E-state index in [9.17, 15) is 0 Å². The number of nitrogens with zero attached hydrogens (tertiary/aromatic N) is 4. The van der Waals surface area contributed by atoms with Crippen molar-refractivity contribution in [3.8, 4) is 22.5 Å². The molecule has 0 amide bonds. The van der Waals surface area contributed by atoms with E-state index in [1.54, 1.807) is 0 Å². The van der Waals surface area contributed by atoms with E-state index in [0.717, 1.165) is 34.2 Å². The van der Waals surface area contributed by atoms with Gasteiger partial charge in [-0.2, -0.15) is 8.75 Å². The highest BCUT2D eigenvalue weighted by Crippen LogP contribution is 2.30. The van der Waals surface area contributed by atoms with Crippen LogP contribution in [0.15, 0.2) is 60.7 Å². The van der Waals surface area contributed by atoms with E-state index in [1.165, 1.54) is 0 Å². The van der Waals surface area contributed by atoms with E-state index in [4.69, 9.17) is 0 Å². The molecule has 21 heavy (non-hydrogen) atoms. The van der Waals surface area contributed by atoms with Gasteiger partial charge >= 0.3 is 0 Å². The van der Waals surface area contributed by atoms with E-state index in [-0.39, 0.29) is 0 Å². The lowest BCUT2D eigenvalue weighted by Gasteiger charge is -2.07. The molecule has 2 aromatic carbocycles. The second-order valence-corrected chi connectivity index (χ2v) is 5.09. The average molecular weight is 290 g/mol. The number of fused-ring (bicyclic) bond motifs is 1. The lowest BCUT2D eigenvalue weighted by atomic mass is 10.0. The van der Waals surface area contributed by atoms with E-state index < -0.39 is 0 Å². The molecule has 0 aliphatic carbocycles. The molecular weight excluding hydrogens is 280 g/mol. The molecular formula is C16H10N4S. The third-order valence-corrected chi connectivity index (χ3v) is 3.72. The van der Waals surface area contributed by atoms with Gasteiger partial charge in [0.2, 0.25) is 11.3 Å². The van der Waals surface area contributed by atoms with Crippen molar-refractivity contribution in [2.24, 2.45) is 0 Å². The highest BCUT2D eigenvalue weighted by atomic mass is 32.1. The lowest BCUT2D eigenvalue weighted by Crippen LogP contribution is -1.94. The molecule has 0 saturated heterocycles. The fraction of sp³-hybridized carbons (Fsp3) is 0. The molecule has 0 unspecified atom stereocenters. The summed E-state index contributed by atoms with van der Waals surface area (Å²) in [5, 5.41) is 0. The minimum atomic E-state index is 0.596. The van der Waals surface area contributed by atoms with E-state index >= 15 is 0 Å². The van der Waals surface area contributed by atoms with Gasteiger partial charge in [-0.25, -0.2) is 9.97 Å². The Balaban J connectivity index is 2.03. The maximum Gasteiger partial charge on any atom is 0.213 e. The predicted molar refractivity (Wildman–Crippen MR) is 83.9 cm³/mol. The first kappa shape index (κ1) is 12.1. The summed E-state index contributed by atoms with van der Waals surface area (Å²) in [5.74, 6) is 0. The van der Waals surface area contributed by atoms with Crippen LogP contribution < -0.4 is 0 Å². The molecule has 4 nitrogen and oxygen atoms in total. The van der Waals surface area contributed by atoms with Crippen LogP contribution in [0.25, 0.3) is 33.8 Å². The number of hydrogen-bond acceptors (Lipinski definition) is 5. The van der Waals surface area contributed by atoms with Gasteiger partial charge < -0.3 is 0 Å². The van der Waals surface area contributed by atoms with Gasteiger partial charge in [-0.15, -0.1) is 0 Å². The highest BCUT2D eigenvalue weighted by molar-refractivity contribution is 6.99. The molecule has 0 bridgehead atoms. The quantitative estimate of drug-likeness (QED) is 0.563. The van der Waals surface area contributed by atoms with Crippen molar-refractivity contribution in [1.29, 1.82) is 0 Å². The van der Waals surface area contributed by atoms with Crippen LogP contribution in [0.2, 0.25) is 0 Å². The first-order valence-electron chi connectivity index (χ1n) is 6.53. The molecule has 0 saturated carbocycles. The van der Waals surface area contributed by atoms with Gasteiger partial charge in [0.05, 0.1) is 23.1 Å². The monoisotopic (exact) mass is 290 g/mol.